The van der Waals surface area contributed by atoms with E-state index < -0.39 is 6.23 Å². The number of hydrogen-bond donors (Lipinski definition) is 1. The number of hydrogen-bond acceptors (Lipinski definition) is 4. The first-order valence-electron chi connectivity index (χ1n) is 9.06. The van der Waals surface area contributed by atoms with Crippen molar-refractivity contribution in [1.29, 1.82) is 0 Å². The molecule has 0 bridgehead atoms. The minimum Gasteiger partial charge on any atom is -0.507 e. The van der Waals surface area contributed by atoms with E-state index in [0.29, 0.717) is 32.8 Å². The number of phenols is 1. The summed E-state index contributed by atoms with van der Waals surface area (Å²) in [6.07, 6.45) is -0.0133. The lowest BCUT2D eigenvalue weighted by Crippen LogP contribution is -2.34. The van der Waals surface area contributed by atoms with Gasteiger partial charge in [-0.25, -0.2) is 5.01 Å². The van der Waals surface area contributed by atoms with Crippen molar-refractivity contribution in [2.45, 2.75) is 18.7 Å². The summed E-state index contributed by atoms with van der Waals surface area (Å²) in [5.74, 6) is 0.626. The number of nitrogens with zero attached hydrogens (tertiary/aromatic N) is 2. The summed E-state index contributed by atoms with van der Waals surface area (Å²) in [7, 11) is 0. The monoisotopic (exact) mass is 444 g/mol. The van der Waals surface area contributed by atoms with Gasteiger partial charge in [0.2, 0.25) is 6.23 Å². The minimum atomic E-state index is -0.675. The zero-order valence-electron chi connectivity index (χ0n) is 15.0. The molecule has 0 saturated carbocycles. The fourth-order valence-electron chi connectivity index (χ4n) is 3.85. The highest BCUT2D eigenvalue weighted by Gasteiger charge is 2.42. The van der Waals surface area contributed by atoms with Crippen LogP contribution in [0.15, 0.2) is 65.8 Å². The van der Waals surface area contributed by atoms with Crippen molar-refractivity contribution in [3.63, 3.8) is 0 Å². The average molecular weight is 446 g/mol. The largest absolute Gasteiger partial charge is 0.507 e. The first-order valence-corrected chi connectivity index (χ1v) is 10.2. The molecule has 3 aromatic rings. The number of halogens is 3. The van der Waals surface area contributed by atoms with Crippen LogP contribution in [0.3, 0.4) is 0 Å². The van der Waals surface area contributed by atoms with Gasteiger partial charge < -0.3 is 9.84 Å². The van der Waals surface area contributed by atoms with E-state index in [1.165, 1.54) is 0 Å². The van der Waals surface area contributed by atoms with Gasteiger partial charge in [0, 0.05) is 22.0 Å². The third-order valence-corrected chi connectivity index (χ3v) is 5.90. The first-order chi connectivity index (χ1) is 14.0. The van der Waals surface area contributed by atoms with Crippen molar-refractivity contribution in [2.75, 3.05) is 0 Å². The molecule has 2 heterocycles. The maximum absolute atomic E-state index is 10.5. The number of hydrazone groups is 1. The number of rotatable bonds is 2. The van der Waals surface area contributed by atoms with Crippen LogP contribution in [-0.4, -0.2) is 15.8 Å². The van der Waals surface area contributed by atoms with Gasteiger partial charge in [-0.3, -0.25) is 0 Å². The molecule has 7 heteroatoms. The smallest absolute Gasteiger partial charge is 0.217 e. The van der Waals surface area contributed by atoms with Crippen LogP contribution in [-0.2, 0) is 0 Å². The normalized spacial score (nSPS) is 20.0. The molecule has 0 aliphatic carbocycles. The molecule has 0 aromatic heterocycles. The van der Waals surface area contributed by atoms with Crippen molar-refractivity contribution in [3.05, 3.63) is 92.4 Å². The van der Waals surface area contributed by atoms with E-state index in [0.717, 1.165) is 16.8 Å². The lowest BCUT2D eigenvalue weighted by atomic mass is 9.95. The Bertz CT molecular complexity index is 1130. The van der Waals surface area contributed by atoms with Crippen LogP contribution < -0.4 is 4.74 Å². The van der Waals surface area contributed by atoms with Crippen molar-refractivity contribution in [2.24, 2.45) is 5.10 Å². The molecule has 2 unspecified atom stereocenters. The van der Waals surface area contributed by atoms with Crippen LogP contribution in [0.2, 0.25) is 15.1 Å². The molecule has 5 rings (SSSR count). The molecular formula is C22H15Cl3N2O2. The lowest BCUT2D eigenvalue weighted by Gasteiger charge is -2.38. The molecule has 4 nitrogen and oxygen atoms in total. The quantitative estimate of drug-likeness (QED) is 0.483. The van der Waals surface area contributed by atoms with E-state index in [4.69, 9.17) is 44.6 Å². The van der Waals surface area contributed by atoms with Gasteiger partial charge in [0.1, 0.15) is 11.5 Å². The zero-order valence-corrected chi connectivity index (χ0v) is 17.3. The van der Waals surface area contributed by atoms with Gasteiger partial charge in [-0.2, -0.15) is 5.10 Å². The van der Waals surface area contributed by atoms with Crippen LogP contribution in [0.25, 0.3) is 0 Å². The van der Waals surface area contributed by atoms with Crippen molar-refractivity contribution in [1.82, 2.24) is 5.01 Å². The van der Waals surface area contributed by atoms with E-state index in [9.17, 15) is 5.11 Å². The van der Waals surface area contributed by atoms with E-state index >= 15 is 0 Å². The number of fused-ring (bicyclic) bond motifs is 3. The van der Waals surface area contributed by atoms with Crippen LogP contribution in [0.5, 0.6) is 11.5 Å². The standard InChI is InChI=1S/C22H15Cl3N2O2/c23-13-6-7-20(28)16(8-13)22-27-19(11-18(26-27)12-4-2-1-3-5-12)15-9-14(24)10-17(25)21(15)29-22/h1-10,19,22,28H,11H2. The zero-order chi connectivity index (χ0) is 20.1. The van der Waals surface area contributed by atoms with Gasteiger partial charge in [0.15, 0.2) is 0 Å². The Morgan fingerprint density at radius 1 is 0.931 bits per heavy atom. The Labute approximate surface area is 182 Å². The molecule has 0 radical (unpaired) electrons. The topological polar surface area (TPSA) is 45.1 Å². The van der Waals surface area contributed by atoms with Crippen molar-refractivity contribution in [3.8, 4) is 11.5 Å². The van der Waals surface area contributed by atoms with Gasteiger partial charge in [0.05, 0.1) is 22.3 Å². The molecule has 3 aromatic carbocycles. The molecule has 29 heavy (non-hydrogen) atoms. The van der Waals surface area contributed by atoms with Crippen LogP contribution in [0, 0.1) is 0 Å². The number of phenolic OH excluding ortho intramolecular Hbond substituents is 1. The summed E-state index contributed by atoms with van der Waals surface area (Å²) in [5.41, 5.74) is 3.35. The van der Waals surface area contributed by atoms with Crippen molar-refractivity contribution >= 4 is 40.5 Å². The predicted octanol–water partition coefficient (Wildman–Crippen LogP) is 6.59. The summed E-state index contributed by atoms with van der Waals surface area (Å²) >= 11 is 18.9. The van der Waals surface area contributed by atoms with Gasteiger partial charge >= 0.3 is 0 Å². The fourth-order valence-corrected chi connectivity index (χ4v) is 4.58. The third kappa shape index (κ3) is 3.21. The first kappa shape index (κ1) is 18.6. The number of benzene rings is 3. The third-order valence-electron chi connectivity index (χ3n) is 5.17. The fraction of sp³-hybridized carbons (Fsp3) is 0.136. The summed E-state index contributed by atoms with van der Waals surface area (Å²) in [5, 5.41) is 18.6. The maximum atomic E-state index is 10.5. The van der Waals surface area contributed by atoms with E-state index in [2.05, 4.69) is 0 Å². The highest BCUT2D eigenvalue weighted by Crippen LogP contribution is 2.51. The van der Waals surface area contributed by atoms with Crippen LogP contribution in [0.1, 0.15) is 35.4 Å². The minimum absolute atomic E-state index is 0.0787. The molecule has 1 N–H and O–H groups in total. The summed E-state index contributed by atoms with van der Waals surface area (Å²) in [6.45, 7) is 0. The summed E-state index contributed by atoms with van der Waals surface area (Å²) < 4.78 is 6.25. The average Bonchev–Trinajstić information content (AvgIpc) is 3.16. The summed E-state index contributed by atoms with van der Waals surface area (Å²) in [6, 6.07) is 18.2. The second-order valence-corrected chi connectivity index (χ2v) is 8.27. The molecule has 0 spiro atoms. The Morgan fingerprint density at radius 2 is 1.69 bits per heavy atom. The second-order valence-electron chi connectivity index (χ2n) is 6.99. The Morgan fingerprint density at radius 3 is 2.48 bits per heavy atom. The molecule has 2 aliphatic heterocycles. The van der Waals surface area contributed by atoms with Crippen LogP contribution in [0.4, 0.5) is 0 Å². The maximum Gasteiger partial charge on any atom is 0.217 e. The molecule has 0 fully saturated rings. The van der Waals surface area contributed by atoms with E-state index in [1.54, 1.807) is 24.3 Å². The van der Waals surface area contributed by atoms with Crippen LogP contribution >= 0.6 is 34.8 Å². The van der Waals surface area contributed by atoms with Gasteiger partial charge in [-0.15, -0.1) is 0 Å². The highest BCUT2D eigenvalue weighted by molar-refractivity contribution is 6.35. The van der Waals surface area contributed by atoms with E-state index in [-0.39, 0.29) is 11.8 Å². The molecule has 146 valence electrons. The van der Waals surface area contributed by atoms with Gasteiger partial charge in [-0.1, -0.05) is 65.1 Å². The second kappa shape index (κ2) is 7.13. The van der Waals surface area contributed by atoms with Gasteiger partial charge in [-0.05, 0) is 35.9 Å². The predicted molar refractivity (Wildman–Crippen MR) is 115 cm³/mol. The number of ether oxygens (including phenoxy) is 1. The summed E-state index contributed by atoms with van der Waals surface area (Å²) in [4.78, 5) is 0. The molecule has 0 saturated heterocycles. The van der Waals surface area contributed by atoms with E-state index in [1.807, 2.05) is 41.4 Å². The van der Waals surface area contributed by atoms with Gasteiger partial charge in [0.25, 0.3) is 0 Å². The lowest BCUT2D eigenvalue weighted by molar-refractivity contribution is -0.0202. The Balaban J connectivity index is 1.67. The SMILES string of the molecule is Oc1ccc(Cl)cc1C1Oc2c(Cl)cc(Cl)cc2C2CC(c3ccccc3)=NN21. The number of aromatic hydroxyl groups is 1. The molecule has 0 amide bonds. The molecular weight excluding hydrogens is 431 g/mol. The Hall–Kier alpha value is -2.40. The highest BCUT2D eigenvalue weighted by atomic mass is 35.5. The Kier molecular flexibility index (Phi) is 4.58. The van der Waals surface area contributed by atoms with Crippen molar-refractivity contribution < 1.29 is 9.84 Å². The molecule has 2 aliphatic rings. The molecule has 2 atom stereocenters.